The van der Waals surface area contributed by atoms with Gasteiger partial charge >= 0.3 is 5.97 Å². The first-order chi connectivity index (χ1) is 9.06. The van der Waals surface area contributed by atoms with E-state index in [0.29, 0.717) is 0 Å². The Morgan fingerprint density at radius 3 is 2.74 bits per heavy atom. The highest BCUT2D eigenvalue weighted by Crippen LogP contribution is 2.27. The van der Waals surface area contributed by atoms with Crippen LogP contribution < -0.4 is 0 Å². The van der Waals surface area contributed by atoms with Crippen molar-refractivity contribution >= 4 is 32.8 Å². The maximum absolute atomic E-state index is 11.0. The molecule has 0 fully saturated rings. The van der Waals surface area contributed by atoms with Gasteiger partial charge in [-0.25, -0.2) is 4.79 Å². The van der Waals surface area contributed by atoms with Crippen molar-refractivity contribution in [1.82, 2.24) is 9.55 Å². The van der Waals surface area contributed by atoms with Gasteiger partial charge in [0.25, 0.3) is 0 Å². The SMILES string of the molecule is Cn1c(C(=O)O)ccc1-c1cc2ccc(Br)cc2[nH]1. The van der Waals surface area contributed by atoms with Crippen LogP contribution in [0.2, 0.25) is 0 Å². The molecule has 0 bridgehead atoms. The Bertz CT molecular complexity index is 786. The first kappa shape index (κ1) is 12.0. The van der Waals surface area contributed by atoms with Gasteiger partial charge in [-0.15, -0.1) is 0 Å². The summed E-state index contributed by atoms with van der Waals surface area (Å²) in [6.07, 6.45) is 0. The molecule has 0 saturated heterocycles. The van der Waals surface area contributed by atoms with E-state index in [4.69, 9.17) is 5.11 Å². The number of H-pyrrole nitrogens is 1. The molecule has 0 saturated carbocycles. The van der Waals surface area contributed by atoms with Crippen molar-refractivity contribution in [2.75, 3.05) is 0 Å². The molecule has 0 aliphatic carbocycles. The molecular weight excluding hydrogens is 308 g/mol. The Labute approximate surface area is 117 Å². The third-order valence-electron chi connectivity index (χ3n) is 3.20. The number of hydrogen-bond acceptors (Lipinski definition) is 1. The number of carboxylic acids is 1. The van der Waals surface area contributed by atoms with Crippen LogP contribution in [-0.4, -0.2) is 20.6 Å². The minimum Gasteiger partial charge on any atom is -0.477 e. The number of aromatic carboxylic acids is 1. The highest BCUT2D eigenvalue weighted by Gasteiger charge is 2.13. The van der Waals surface area contributed by atoms with E-state index in [0.717, 1.165) is 26.8 Å². The number of rotatable bonds is 2. The summed E-state index contributed by atoms with van der Waals surface area (Å²) in [5.74, 6) is -0.924. The van der Waals surface area contributed by atoms with E-state index >= 15 is 0 Å². The Morgan fingerprint density at radius 2 is 2.05 bits per heavy atom. The molecule has 96 valence electrons. The molecule has 1 aromatic carbocycles. The number of aromatic nitrogens is 2. The summed E-state index contributed by atoms with van der Waals surface area (Å²) in [5, 5.41) is 10.2. The zero-order chi connectivity index (χ0) is 13.6. The summed E-state index contributed by atoms with van der Waals surface area (Å²) < 4.78 is 2.67. The minimum absolute atomic E-state index is 0.273. The van der Waals surface area contributed by atoms with Crippen molar-refractivity contribution in [1.29, 1.82) is 0 Å². The maximum Gasteiger partial charge on any atom is 0.352 e. The van der Waals surface area contributed by atoms with E-state index < -0.39 is 5.97 Å². The Balaban J connectivity index is 2.16. The van der Waals surface area contributed by atoms with Crippen molar-refractivity contribution in [3.8, 4) is 11.4 Å². The fourth-order valence-corrected chi connectivity index (χ4v) is 2.59. The molecule has 5 heteroatoms. The van der Waals surface area contributed by atoms with Crippen molar-refractivity contribution in [2.24, 2.45) is 7.05 Å². The molecule has 0 spiro atoms. The van der Waals surface area contributed by atoms with Gasteiger partial charge in [0.15, 0.2) is 0 Å². The van der Waals surface area contributed by atoms with E-state index in [9.17, 15) is 4.79 Å². The largest absolute Gasteiger partial charge is 0.477 e. The molecule has 3 aromatic rings. The molecule has 0 aliphatic heterocycles. The van der Waals surface area contributed by atoms with E-state index in [1.165, 1.54) is 0 Å². The van der Waals surface area contributed by atoms with E-state index in [-0.39, 0.29) is 5.69 Å². The predicted molar refractivity (Wildman–Crippen MR) is 77.4 cm³/mol. The van der Waals surface area contributed by atoms with E-state index in [1.54, 1.807) is 17.7 Å². The number of nitrogens with one attached hydrogen (secondary N) is 1. The Hall–Kier alpha value is -2.01. The number of carboxylic acid groups (broad SMARTS) is 1. The second kappa shape index (κ2) is 4.28. The van der Waals surface area contributed by atoms with Crippen LogP contribution in [0.15, 0.2) is 40.9 Å². The number of aromatic amines is 1. The second-order valence-corrected chi connectivity index (χ2v) is 5.30. The molecule has 3 rings (SSSR count). The van der Waals surface area contributed by atoms with Gasteiger partial charge in [-0.3, -0.25) is 0 Å². The van der Waals surface area contributed by atoms with Crippen LogP contribution in [0.25, 0.3) is 22.3 Å². The normalized spacial score (nSPS) is 11.1. The van der Waals surface area contributed by atoms with Crippen LogP contribution in [0, 0.1) is 0 Å². The van der Waals surface area contributed by atoms with Gasteiger partial charge in [-0.05, 0) is 30.3 Å². The quantitative estimate of drug-likeness (QED) is 0.758. The van der Waals surface area contributed by atoms with Gasteiger partial charge in [0, 0.05) is 22.4 Å². The summed E-state index contributed by atoms with van der Waals surface area (Å²) in [7, 11) is 1.75. The van der Waals surface area contributed by atoms with Crippen molar-refractivity contribution in [3.63, 3.8) is 0 Å². The summed E-state index contributed by atoms with van der Waals surface area (Å²) in [4.78, 5) is 14.3. The monoisotopic (exact) mass is 318 g/mol. The van der Waals surface area contributed by atoms with Gasteiger partial charge in [-0.1, -0.05) is 22.0 Å². The number of hydrogen-bond donors (Lipinski definition) is 2. The molecular formula is C14H11BrN2O2. The molecule has 19 heavy (non-hydrogen) atoms. The molecule has 4 nitrogen and oxygen atoms in total. The van der Waals surface area contributed by atoms with Gasteiger partial charge in [0.05, 0.1) is 11.4 Å². The molecule has 0 unspecified atom stereocenters. The Kier molecular flexibility index (Phi) is 2.71. The lowest BCUT2D eigenvalue weighted by atomic mass is 10.2. The maximum atomic E-state index is 11.0. The number of benzene rings is 1. The zero-order valence-electron chi connectivity index (χ0n) is 10.1. The van der Waals surface area contributed by atoms with Gasteiger partial charge in [0.2, 0.25) is 0 Å². The van der Waals surface area contributed by atoms with Crippen LogP contribution >= 0.6 is 15.9 Å². The van der Waals surface area contributed by atoms with Gasteiger partial charge < -0.3 is 14.7 Å². The van der Waals surface area contributed by atoms with Crippen LogP contribution in [0.3, 0.4) is 0 Å². The topological polar surface area (TPSA) is 58.0 Å². The summed E-state index contributed by atoms with van der Waals surface area (Å²) in [6.45, 7) is 0. The second-order valence-electron chi connectivity index (χ2n) is 4.38. The standard InChI is InChI=1S/C14H11BrN2O2/c1-17-12(4-5-13(17)14(18)19)11-6-8-2-3-9(15)7-10(8)16-11/h2-7,16H,1H3,(H,18,19). The smallest absolute Gasteiger partial charge is 0.352 e. The van der Waals surface area contributed by atoms with Crippen LogP contribution in [0.4, 0.5) is 0 Å². The van der Waals surface area contributed by atoms with Crippen LogP contribution in [0.5, 0.6) is 0 Å². The van der Waals surface area contributed by atoms with Crippen molar-refractivity contribution in [3.05, 3.63) is 46.6 Å². The predicted octanol–water partition coefficient (Wildman–Crippen LogP) is 3.63. The highest BCUT2D eigenvalue weighted by molar-refractivity contribution is 9.10. The molecule has 0 amide bonds. The molecule has 0 atom stereocenters. The summed E-state index contributed by atoms with van der Waals surface area (Å²) >= 11 is 3.43. The number of fused-ring (bicyclic) bond motifs is 1. The van der Waals surface area contributed by atoms with Crippen molar-refractivity contribution in [2.45, 2.75) is 0 Å². The number of nitrogens with zero attached hydrogens (tertiary/aromatic N) is 1. The van der Waals surface area contributed by atoms with Gasteiger partial charge in [-0.2, -0.15) is 0 Å². The molecule has 0 radical (unpaired) electrons. The van der Waals surface area contributed by atoms with E-state index in [1.807, 2.05) is 30.3 Å². The Morgan fingerprint density at radius 1 is 1.26 bits per heavy atom. The molecule has 2 heterocycles. The third-order valence-corrected chi connectivity index (χ3v) is 3.69. The lowest BCUT2D eigenvalue weighted by molar-refractivity contribution is 0.0687. The number of carbonyl (C=O) groups is 1. The summed E-state index contributed by atoms with van der Waals surface area (Å²) in [6, 6.07) is 11.4. The third kappa shape index (κ3) is 1.96. The highest BCUT2D eigenvalue weighted by atomic mass is 79.9. The average molecular weight is 319 g/mol. The van der Waals surface area contributed by atoms with Gasteiger partial charge in [0.1, 0.15) is 5.69 Å². The summed E-state index contributed by atoms with van der Waals surface area (Å²) in [5.41, 5.74) is 3.05. The number of halogens is 1. The molecule has 2 N–H and O–H groups in total. The average Bonchev–Trinajstić information content (AvgIpc) is 2.91. The first-order valence-electron chi connectivity index (χ1n) is 5.74. The fourth-order valence-electron chi connectivity index (χ4n) is 2.23. The lowest BCUT2D eigenvalue weighted by Crippen LogP contribution is -2.05. The molecule has 2 aromatic heterocycles. The fraction of sp³-hybridized carbons (Fsp3) is 0.0714. The van der Waals surface area contributed by atoms with Crippen molar-refractivity contribution < 1.29 is 9.90 Å². The van der Waals surface area contributed by atoms with Crippen LogP contribution in [-0.2, 0) is 7.05 Å². The molecule has 0 aliphatic rings. The van der Waals surface area contributed by atoms with E-state index in [2.05, 4.69) is 20.9 Å². The first-order valence-corrected chi connectivity index (χ1v) is 6.53. The lowest BCUT2D eigenvalue weighted by Gasteiger charge is -2.02. The zero-order valence-corrected chi connectivity index (χ0v) is 11.7. The minimum atomic E-state index is -0.924. The van der Waals surface area contributed by atoms with Crippen LogP contribution in [0.1, 0.15) is 10.5 Å².